The van der Waals surface area contributed by atoms with Crippen LogP contribution in [0.3, 0.4) is 0 Å². The molecule has 3 nitrogen and oxygen atoms in total. The Kier molecular flexibility index (Phi) is 4.17. The van der Waals surface area contributed by atoms with Crippen molar-refractivity contribution in [2.45, 2.75) is 58.0 Å². The number of nitrogens with zero attached hydrogens (tertiary/aromatic N) is 1. The highest BCUT2D eigenvalue weighted by Gasteiger charge is 2.38. The number of hydrogen-bond donors (Lipinski definition) is 1. The Balaban J connectivity index is 2.44. The van der Waals surface area contributed by atoms with Gasteiger partial charge in [0.25, 0.3) is 0 Å². The number of aromatic nitrogens is 2. The van der Waals surface area contributed by atoms with Crippen molar-refractivity contribution in [2.24, 2.45) is 0 Å². The van der Waals surface area contributed by atoms with Gasteiger partial charge in [-0.3, -0.25) is 0 Å². The molecule has 1 saturated carbocycles. The van der Waals surface area contributed by atoms with Crippen molar-refractivity contribution in [1.29, 1.82) is 0 Å². The minimum atomic E-state index is -0.229. The zero-order valence-electron chi connectivity index (χ0n) is 11.5. The zero-order valence-corrected chi connectivity index (χ0v) is 12.3. The first-order valence-electron chi connectivity index (χ1n) is 6.83. The van der Waals surface area contributed by atoms with Crippen LogP contribution in [0, 0.1) is 4.64 Å². The molecule has 18 heavy (non-hydrogen) atoms. The average molecular weight is 266 g/mol. The molecule has 1 aromatic rings. The molecular formula is C14H22N2OS. The van der Waals surface area contributed by atoms with E-state index in [4.69, 9.17) is 17.0 Å². The van der Waals surface area contributed by atoms with Crippen LogP contribution in [0.1, 0.15) is 63.9 Å². The highest BCUT2D eigenvalue weighted by molar-refractivity contribution is 7.71. The maximum absolute atomic E-state index is 6.03. The fourth-order valence-corrected chi connectivity index (χ4v) is 2.89. The molecule has 0 spiro atoms. The summed E-state index contributed by atoms with van der Waals surface area (Å²) in [6.07, 6.45) is 4.49. The molecule has 4 heteroatoms. The van der Waals surface area contributed by atoms with Crippen LogP contribution >= 0.6 is 12.2 Å². The summed E-state index contributed by atoms with van der Waals surface area (Å²) in [4.78, 5) is 7.97. The SMILES string of the molecule is CCOC1(c2nc(=S)cc(C(C)C)[nH]2)CCCC1. The van der Waals surface area contributed by atoms with Gasteiger partial charge in [-0.05, 0) is 44.6 Å². The van der Waals surface area contributed by atoms with E-state index in [1.807, 2.05) is 13.0 Å². The first-order chi connectivity index (χ1) is 8.57. The third-order valence-electron chi connectivity index (χ3n) is 3.65. The molecule has 0 unspecified atom stereocenters. The highest BCUT2D eigenvalue weighted by Crippen LogP contribution is 2.40. The molecule has 1 heterocycles. The van der Waals surface area contributed by atoms with Gasteiger partial charge in [-0.2, -0.15) is 0 Å². The van der Waals surface area contributed by atoms with Gasteiger partial charge in [-0.1, -0.05) is 26.1 Å². The van der Waals surface area contributed by atoms with Gasteiger partial charge in [0, 0.05) is 12.3 Å². The average Bonchev–Trinajstić information content (AvgIpc) is 2.78. The Labute approximate surface area is 114 Å². The minimum absolute atomic E-state index is 0.229. The predicted octanol–water partition coefficient (Wildman–Crippen LogP) is 4.07. The maximum Gasteiger partial charge on any atom is 0.140 e. The molecule has 1 aliphatic rings. The lowest BCUT2D eigenvalue weighted by Gasteiger charge is -2.28. The summed E-state index contributed by atoms with van der Waals surface area (Å²) in [5, 5.41) is 0. The predicted molar refractivity (Wildman–Crippen MR) is 75.3 cm³/mol. The van der Waals surface area contributed by atoms with Crippen LogP contribution in [0.25, 0.3) is 0 Å². The molecule has 0 saturated heterocycles. The zero-order chi connectivity index (χ0) is 13.2. The molecular weight excluding hydrogens is 244 g/mol. The number of nitrogens with one attached hydrogen (secondary N) is 1. The quantitative estimate of drug-likeness (QED) is 0.835. The van der Waals surface area contributed by atoms with Crippen LogP contribution in [0.15, 0.2) is 6.07 Å². The largest absolute Gasteiger partial charge is 0.367 e. The van der Waals surface area contributed by atoms with Crippen LogP contribution < -0.4 is 0 Å². The van der Waals surface area contributed by atoms with E-state index >= 15 is 0 Å². The fraction of sp³-hybridized carbons (Fsp3) is 0.714. The van der Waals surface area contributed by atoms with Crippen LogP contribution in [0.2, 0.25) is 0 Å². The van der Waals surface area contributed by atoms with Crippen molar-refractivity contribution >= 4 is 12.2 Å². The Morgan fingerprint density at radius 3 is 2.67 bits per heavy atom. The van der Waals surface area contributed by atoms with E-state index in [1.54, 1.807) is 0 Å². The summed E-state index contributed by atoms with van der Waals surface area (Å²) in [6, 6.07) is 1.96. The Morgan fingerprint density at radius 2 is 2.11 bits per heavy atom. The molecule has 0 bridgehead atoms. The fourth-order valence-electron chi connectivity index (χ4n) is 2.67. The number of ether oxygens (including phenoxy) is 1. The van der Waals surface area contributed by atoms with Crippen molar-refractivity contribution in [3.8, 4) is 0 Å². The maximum atomic E-state index is 6.03. The van der Waals surface area contributed by atoms with Crippen molar-refractivity contribution in [2.75, 3.05) is 6.61 Å². The molecule has 1 fully saturated rings. The monoisotopic (exact) mass is 266 g/mol. The number of rotatable bonds is 4. The van der Waals surface area contributed by atoms with E-state index in [0.29, 0.717) is 17.2 Å². The summed E-state index contributed by atoms with van der Waals surface area (Å²) < 4.78 is 6.69. The second-order valence-corrected chi connectivity index (χ2v) is 5.73. The smallest absolute Gasteiger partial charge is 0.140 e. The van der Waals surface area contributed by atoms with E-state index in [0.717, 1.165) is 24.4 Å². The molecule has 0 atom stereocenters. The molecule has 0 radical (unpaired) electrons. The minimum Gasteiger partial charge on any atom is -0.367 e. The standard InChI is InChI=1S/C14H22N2OS/c1-4-17-14(7-5-6-8-14)13-15-11(10(2)3)9-12(18)16-13/h9-10H,4-8H2,1-3H3,(H,15,16,18). The Hall–Kier alpha value is -0.740. The lowest BCUT2D eigenvalue weighted by Crippen LogP contribution is -2.29. The lowest BCUT2D eigenvalue weighted by molar-refractivity contribution is -0.0459. The van der Waals surface area contributed by atoms with Gasteiger partial charge in [0.05, 0.1) is 0 Å². The normalized spacial score (nSPS) is 18.4. The molecule has 100 valence electrons. The molecule has 0 amide bonds. The summed E-state index contributed by atoms with van der Waals surface area (Å²) in [5.74, 6) is 1.35. The van der Waals surface area contributed by atoms with E-state index in [-0.39, 0.29) is 5.60 Å². The molecule has 0 aromatic carbocycles. The highest BCUT2D eigenvalue weighted by atomic mass is 32.1. The first kappa shape index (κ1) is 13.7. The van der Waals surface area contributed by atoms with Crippen LogP contribution in [0.5, 0.6) is 0 Å². The lowest BCUT2D eigenvalue weighted by atomic mass is 10.00. The van der Waals surface area contributed by atoms with E-state index in [9.17, 15) is 0 Å². The van der Waals surface area contributed by atoms with E-state index in [2.05, 4.69) is 23.8 Å². The molecule has 1 aromatic heterocycles. The third kappa shape index (κ3) is 2.64. The summed E-state index contributed by atoms with van der Waals surface area (Å²) >= 11 is 5.29. The number of H-pyrrole nitrogens is 1. The summed E-state index contributed by atoms with van der Waals surface area (Å²) in [7, 11) is 0. The van der Waals surface area contributed by atoms with Crippen molar-refractivity contribution < 1.29 is 4.74 Å². The van der Waals surface area contributed by atoms with Crippen molar-refractivity contribution in [3.05, 3.63) is 22.2 Å². The first-order valence-corrected chi connectivity index (χ1v) is 7.24. The van der Waals surface area contributed by atoms with Gasteiger partial charge in [0.15, 0.2) is 0 Å². The second-order valence-electron chi connectivity index (χ2n) is 5.31. The van der Waals surface area contributed by atoms with Gasteiger partial charge in [-0.25, -0.2) is 4.98 Å². The van der Waals surface area contributed by atoms with Crippen LogP contribution in [-0.2, 0) is 10.3 Å². The van der Waals surface area contributed by atoms with Crippen molar-refractivity contribution in [3.63, 3.8) is 0 Å². The summed E-state index contributed by atoms with van der Waals surface area (Å²) in [5.41, 5.74) is 0.920. The van der Waals surface area contributed by atoms with E-state index in [1.165, 1.54) is 12.8 Å². The molecule has 2 rings (SSSR count). The Bertz CT molecular complexity index is 461. The number of aromatic amines is 1. The Morgan fingerprint density at radius 1 is 1.44 bits per heavy atom. The van der Waals surface area contributed by atoms with E-state index < -0.39 is 0 Å². The molecule has 1 N–H and O–H groups in total. The molecule has 1 aliphatic carbocycles. The molecule has 0 aliphatic heterocycles. The second kappa shape index (κ2) is 5.49. The van der Waals surface area contributed by atoms with Gasteiger partial charge >= 0.3 is 0 Å². The van der Waals surface area contributed by atoms with Crippen LogP contribution in [-0.4, -0.2) is 16.6 Å². The number of hydrogen-bond acceptors (Lipinski definition) is 3. The summed E-state index contributed by atoms with van der Waals surface area (Å²) in [6.45, 7) is 7.08. The van der Waals surface area contributed by atoms with Crippen molar-refractivity contribution in [1.82, 2.24) is 9.97 Å². The van der Waals surface area contributed by atoms with Crippen LogP contribution in [0.4, 0.5) is 0 Å². The third-order valence-corrected chi connectivity index (χ3v) is 3.86. The topological polar surface area (TPSA) is 37.9 Å². The van der Waals surface area contributed by atoms with Gasteiger partial charge in [0.2, 0.25) is 0 Å². The van der Waals surface area contributed by atoms with Gasteiger partial charge in [-0.15, -0.1) is 0 Å². The van der Waals surface area contributed by atoms with Gasteiger partial charge in [0.1, 0.15) is 16.1 Å². The van der Waals surface area contributed by atoms with Gasteiger partial charge < -0.3 is 9.72 Å².